The molecule has 3 rings (SSSR count). The minimum Gasteiger partial charge on any atom is -0.365 e. The molecular formula is C14H12N2S. The number of thiophene rings is 1. The molecule has 0 unspecified atom stereocenters. The van der Waals surface area contributed by atoms with Gasteiger partial charge in [0.2, 0.25) is 0 Å². The van der Waals surface area contributed by atoms with Crippen LogP contribution in [0.5, 0.6) is 0 Å². The lowest BCUT2D eigenvalue weighted by molar-refractivity contribution is 1.12. The molecule has 0 saturated heterocycles. The molecule has 0 aliphatic carbocycles. The van der Waals surface area contributed by atoms with Gasteiger partial charge in [-0.3, -0.25) is 0 Å². The summed E-state index contributed by atoms with van der Waals surface area (Å²) >= 11 is 1.72. The van der Waals surface area contributed by atoms with Crippen LogP contribution >= 0.6 is 11.3 Å². The molecule has 0 amide bonds. The van der Waals surface area contributed by atoms with Crippen molar-refractivity contribution in [3.63, 3.8) is 0 Å². The Bertz CT molecular complexity index is 616. The molecule has 0 radical (unpaired) electrons. The Labute approximate surface area is 104 Å². The molecule has 0 aliphatic rings. The van der Waals surface area contributed by atoms with Gasteiger partial charge in [-0.1, -0.05) is 30.3 Å². The molecule has 1 N–H and O–H groups in total. The first-order chi connectivity index (χ1) is 8.43. The molecule has 0 fully saturated rings. The number of rotatable bonds is 3. The fraction of sp³-hybridized carbons (Fsp3) is 0.0714. The molecule has 0 spiro atoms. The van der Waals surface area contributed by atoms with E-state index in [1.807, 2.05) is 18.3 Å². The molecule has 3 heteroatoms. The highest BCUT2D eigenvalue weighted by Gasteiger charge is 2.02. The fourth-order valence-corrected chi connectivity index (χ4v) is 2.66. The molecule has 0 aliphatic heterocycles. The van der Waals surface area contributed by atoms with Gasteiger partial charge in [0.1, 0.15) is 5.82 Å². The van der Waals surface area contributed by atoms with E-state index >= 15 is 0 Å². The zero-order chi connectivity index (χ0) is 11.5. The molecule has 0 bridgehead atoms. The van der Waals surface area contributed by atoms with Crippen LogP contribution in [0.2, 0.25) is 0 Å². The first-order valence-corrected chi connectivity index (χ1v) is 6.41. The van der Waals surface area contributed by atoms with Crippen molar-refractivity contribution in [2.45, 2.75) is 6.54 Å². The molecule has 3 aromatic rings. The standard InChI is InChI=1S/C14H12N2S/c1-2-4-11(5-3-1)10-16-14-13-12(6-8-15-14)7-9-17-13/h1-9H,10H2,(H,15,16). The van der Waals surface area contributed by atoms with Crippen LogP contribution in [0.4, 0.5) is 5.82 Å². The third kappa shape index (κ3) is 2.15. The SMILES string of the molecule is c1ccc(CNc2nccc3ccsc23)cc1. The van der Waals surface area contributed by atoms with Crippen LogP contribution in [0, 0.1) is 0 Å². The average Bonchev–Trinajstić information content (AvgIpc) is 2.86. The number of pyridine rings is 1. The Morgan fingerprint density at radius 1 is 1.06 bits per heavy atom. The lowest BCUT2D eigenvalue weighted by Crippen LogP contribution is -2.00. The molecule has 2 nitrogen and oxygen atoms in total. The van der Waals surface area contributed by atoms with Crippen LogP contribution in [-0.4, -0.2) is 4.98 Å². The summed E-state index contributed by atoms with van der Waals surface area (Å²) in [5, 5.41) is 6.74. The van der Waals surface area contributed by atoms with Crippen molar-refractivity contribution in [1.82, 2.24) is 4.98 Å². The first kappa shape index (κ1) is 10.3. The van der Waals surface area contributed by atoms with Gasteiger partial charge in [-0.05, 0) is 28.5 Å². The minimum atomic E-state index is 0.810. The molecule has 2 heterocycles. The largest absolute Gasteiger partial charge is 0.365 e. The lowest BCUT2D eigenvalue weighted by Gasteiger charge is -2.06. The van der Waals surface area contributed by atoms with Crippen molar-refractivity contribution in [3.05, 3.63) is 59.6 Å². The van der Waals surface area contributed by atoms with Gasteiger partial charge in [0.05, 0.1) is 4.70 Å². The monoisotopic (exact) mass is 240 g/mol. The highest BCUT2D eigenvalue weighted by molar-refractivity contribution is 7.17. The van der Waals surface area contributed by atoms with Crippen molar-refractivity contribution >= 4 is 27.2 Å². The molecular weight excluding hydrogens is 228 g/mol. The van der Waals surface area contributed by atoms with Gasteiger partial charge in [-0.25, -0.2) is 4.98 Å². The lowest BCUT2D eigenvalue weighted by atomic mass is 10.2. The second-order valence-electron chi connectivity index (χ2n) is 3.84. The summed E-state index contributed by atoms with van der Waals surface area (Å²) in [4.78, 5) is 4.39. The van der Waals surface area contributed by atoms with E-state index in [9.17, 15) is 0 Å². The highest BCUT2D eigenvalue weighted by atomic mass is 32.1. The average molecular weight is 240 g/mol. The van der Waals surface area contributed by atoms with Crippen LogP contribution in [0.3, 0.4) is 0 Å². The van der Waals surface area contributed by atoms with Crippen molar-refractivity contribution < 1.29 is 0 Å². The molecule has 84 valence electrons. The molecule has 17 heavy (non-hydrogen) atoms. The van der Waals surface area contributed by atoms with Crippen LogP contribution in [0.1, 0.15) is 5.56 Å². The van der Waals surface area contributed by atoms with E-state index in [1.165, 1.54) is 15.6 Å². The Balaban J connectivity index is 1.84. The molecule has 0 saturated carbocycles. The Morgan fingerprint density at radius 3 is 2.82 bits per heavy atom. The summed E-state index contributed by atoms with van der Waals surface area (Å²) < 4.78 is 1.23. The smallest absolute Gasteiger partial charge is 0.144 e. The second kappa shape index (κ2) is 4.55. The van der Waals surface area contributed by atoms with Crippen LogP contribution in [-0.2, 0) is 6.54 Å². The maximum absolute atomic E-state index is 4.39. The van der Waals surface area contributed by atoms with Gasteiger partial charge in [-0.15, -0.1) is 11.3 Å². The summed E-state index contributed by atoms with van der Waals surface area (Å²) in [5.41, 5.74) is 1.27. The Hall–Kier alpha value is -1.87. The van der Waals surface area contributed by atoms with E-state index in [0.29, 0.717) is 0 Å². The number of benzene rings is 1. The van der Waals surface area contributed by atoms with E-state index in [4.69, 9.17) is 0 Å². The summed E-state index contributed by atoms with van der Waals surface area (Å²) in [6.07, 6.45) is 1.85. The molecule has 2 aromatic heterocycles. The number of aromatic nitrogens is 1. The number of hydrogen-bond donors (Lipinski definition) is 1. The van der Waals surface area contributed by atoms with Gasteiger partial charge in [0.25, 0.3) is 0 Å². The van der Waals surface area contributed by atoms with Crippen molar-refractivity contribution in [1.29, 1.82) is 0 Å². The zero-order valence-electron chi connectivity index (χ0n) is 9.26. The Kier molecular flexibility index (Phi) is 2.76. The van der Waals surface area contributed by atoms with E-state index in [1.54, 1.807) is 11.3 Å². The maximum Gasteiger partial charge on any atom is 0.144 e. The predicted octanol–water partition coefficient (Wildman–Crippen LogP) is 3.91. The molecule has 0 atom stereocenters. The number of hydrogen-bond acceptors (Lipinski definition) is 3. The van der Waals surface area contributed by atoms with E-state index in [0.717, 1.165) is 12.4 Å². The summed E-state index contributed by atoms with van der Waals surface area (Å²) in [6.45, 7) is 0.810. The van der Waals surface area contributed by atoms with E-state index < -0.39 is 0 Å². The second-order valence-corrected chi connectivity index (χ2v) is 4.75. The van der Waals surface area contributed by atoms with Crippen molar-refractivity contribution in [3.8, 4) is 0 Å². The first-order valence-electron chi connectivity index (χ1n) is 5.53. The van der Waals surface area contributed by atoms with Crippen LogP contribution in [0.15, 0.2) is 54.0 Å². The van der Waals surface area contributed by atoms with Gasteiger partial charge < -0.3 is 5.32 Å². The number of anilines is 1. The van der Waals surface area contributed by atoms with Crippen LogP contribution < -0.4 is 5.32 Å². The third-order valence-electron chi connectivity index (χ3n) is 2.67. The topological polar surface area (TPSA) is 24.9 Å². The van der Waals surface area contributed by atoms with Gasteiger partial charge in [0, 0.05) is 12.7 Å². The zero-order valence-corrected chi connectivity index (χ0v) is 10.1. The van der Waals surface area contributed by atoms with Crippen molar-refractivity contribution in [2.75, 3.05) is 5.32 Å². The van der Waals surface area contributed by atoms with Gasteiger partial charge in [0.15, 0.2) is 0 Å². The quantitative estimate of drug-likeness (QED) is 0.750. The number of nitrogens with zero attached hydrogens (tertiary/aromatic N) is 1. The maximum atomic E-state index is 4.39. The highest BCUT2D eigenvalue weighted by Crippen LogP contribution is 2.26. The minimum absolute atomic E-state index is 0.810. The van der Waals surface area contributed by atoms with Crippen molar-refractivity contribution in [2.24, 2.45) is 0 Å². The van der Waals surface area contributed by atoms with E-state index in [2.05, 4.69) is 46.0 Å². The third-order valence-corrected chi connectivity index (χ3v) is 3.61. The predicted molar refractivity (Wildman–Crippen MR) is 73.4 cm³/mol. The normalized spacial score (nSPS) is 10.6. The summed E-state index contributed by atoms with van der Waals surface area (Å²) in [7, 11) is 0. The summed E-state index contributed by atoms with van der Waals surface area (Å²) in [5.74, 6) is 0.973. The fourth-order valence-electron chi connectivity index (χ4n) is 1.80. The molecule has 1 aromatic carbocycles. The Morgan fingerprint density at radius 2 is 1.94 bits per heavy atom. The van der Waals surface area contributed by atoms with Gasteiger partial charge >= 0.3 is 0 Å². The summed E-state index contributed by atoms with van der Waals surface area (Å²) in [6, 6.07) is 14.5. The van der Waals surface area contributed by atoms with Gasteiger partial charge in [-0.2, -0.15) is 0 Å². The number of fused-ring (bicyclic) bond motifs is 1. The van der Waals surface area contributed by atoms with Crippen LogP contribution in [0.25, 0.3) is 10.1 Å². The van der Waals surface area contributed by atoms with E-state index in [-0.39, 0.29) is 0 Å². The number of nitrogens with one attached hydrogen (secondary N) is 1.